The molecule has 1 saturated carbocycles. The van der Waals surface area contributed by atoms with Crippen molar-refractivity contribution in [3.8, 4) is 0 Å². The Labute approximate surface area is 205 Å². The Morgan fingerprint density at radius 1 is 1.17 bits per heavy atom. The Bertz CT molecular complexity index is 726. The summed E-state index contributed by atoms with van der Waals surface area (Å²) in [4.78, 5) is 14.2. The molecule has 0 spiro atoms. The minimum absolute atomic E-state index is 0. The molecule has 1 fully saturated rings. The average Bonchev–Trinajstić information content (AvgIpc) is 3.31. The second-order valence-electron chi connectivity index (χ2n) is 8.37. The number of benzene rings is 1. The average molecular weight is 487 g/mol. The Hall–Kier alpha value is -0.346. The van der Waals surface area contributed by atoms with Crippen LogP contribution in [0.4, 0.5) is 0 Å². The molecule has 1 aliphatic rings. The maximum Gasteiger partial charge on any atom is 0.143 e. The predicted octanol–water partition coefficient (Wildman–Crippen LogP) is 6.49. The smallest absolute Gasteiger partial charge is 0.143 e. The van der Waals surface area contributed by atoms with Gasteiger partial charge in [-0.2, -0.15) is 6.07 Å². The summed E-state index contributed by atoms with van der Waals surface area (Å²) in [7, 11) is 0. The first-order valence-corrected chi connectivity index (χ1v) is 11.7. The molecule has 1 aromatic heterocycles. The van der Waals surface area contributed by atoms with E-state index in [1.54, 1.807) is 11.3 Å². The van der Waals surface area contributed by atoms with Gasteiger partial charge in [-0.3, -0.25) is 4.79 Å². The van der Waals surface area contributed by atoms with Gasteiger partial charge < -0.3 is 16.4 Å². The van der Waals surface area contributed by atoms with E-state index in [1.165, 1.54) is 11.3 Å². The summed E-state index contributed by atoms with van der Waals surface area (Å²) in [6, 6.07) is 12.4. The fraction of sp³-hybridized carbons (Fsp3) is 0.560. The first-order chi connectivity index (χ1) is 13.6. The molecule has 0 bridgehead atoms. The van der Waals surface area contributed by atoms with E-state index >= 15 is 0 Å². The molecule has 0 amide bonds. The summed E-state index contributed by atoms with van der Waals surface area (Å²) in [5.74, 6) is 1.01. The van der Waals surface area contributed by atoms with Crippen LogP contribution in [0.2, 0.25) is 0 Å². The number of ketones is 1. The van der Waals surface area contributed by atoms with E-state index in [9.17, 15) is 9.90 Å². The van der Waals surface area contributed by atoms with Gasteiger partial charge in [-0.25, -0.2) is 6.07 Å². The van der Waals surface area contributed by atoms with Crippen molar-refractivity contribution in [3.63, 3.8) is 0 Å². The number of Topliss-reactive ketones (excluding diaryl/α,β-unsaturated/α-hetero) is 1. The molecule has 2 nitrogen and oxygen atoms in total. The van der Waals surface area contributed by atoms with E-state index in [2.05, 4.69) is 37.4 Å². The quantitative estimate of drug-likeness (QED) is 0.308. The number of carbonyl (C=O) groups excluding carboxylic acids is 1. The molecule has 4 unspecified atom stereocenters. The second-order valence-corrected chi connectivity index (χ2v) is 9.33. The second kappa shape index (κ2) is 12.5. The Balaban J connectivity index is 0.00000300. The molecule has 1 radical (unpaired) electrons. The molecular weight excluding hydrogens is 453 g/mol. The van der Waals surface area contributed by atoms with Crippen molar-refractivity contribution in [2.45, 2.75) is 77.2 Å². The summed E-state index contributed by atoms with van der Waals surface area (Å²) in [5.41, 5.74) is 2.11. The van der Waals surface area contributed by atoms with E-state index in [4.69, 9.17) is 0 Å². The molecular formula is C25H33O2SY-. The van der Waals surface area contributed by atoms with E-state index in [1.807, 2.05) is 18.2 Å². The van der Waals surface area contributed by atoms with Gasteiger partial charge in [-0.15, -0.1) is 10.3 Å². The van der Waals surface area contributed by atoms with Crippen LogP contribution in [0.3, 0.4) is 0 Å². The molecule has 29 heavy (non-hydrogen) atoms. The van der Waals surface area contributed by atoms with Crippen LogP contribution >= 0.6 is 11.3 Å². The van der Waals surface area contributed by atoms with Crippen LogP contribution in [0.1, 0.15) is 86.8 Å². The summed E-state index contributed by atoms with van der Waals surface area (Å²) < 4.78 is 0. The predicted molar refractivity (Wildman–Crippen MR) is 117 cm³/mol. The van der Waals surface area contributed by atoms with Gasteiger partial charge in [0.15, 0.2) is 0 Å². The molecule has 0 saturated heterocycles. The third-order valence-electron chi connectivity index (χ3n) is 6.21. The van der Waals surface area contributed by atoms with Crippen molar-refractivity contribution in [3.05, 3.63) is 57.8 Å². The van der Waals surface area contributed by atoms with Gasteiger partial charge in [-0.1, -0.05) is 76.6 Å². The van der Waals surface area contributed by atoms with E-state index in [0.29, 0.717) is 11.7 Å². The zero-order valence-corrected chi connectivity index (χ0v) is 21.4. The van der Waals surface area contributed by atoms with Crippen LogP contribution < -0.4 is 0 Å². The van der Waals surface area contributed by atoms with Crippen LogP contribution in [0.5, 0.6) is 0 Å². The van der Waals surface area contributed by atoms with Crippen LogP contribution in [-0.2, 0) is 43.9 Å². The molecule has 3 rings (SSSR count). The number of unbranched alkanes of at least 4 members (excludes halogenated alkanes) is 2. The molecule has 155 valence electrons. The third-order valence-corrected chi connectivity index (χ3v) is 7.06. The summed E-state index contributed by atoms with van der Waals surface area (Å²) in [6.07, 6.45) is 8.12. The standard InChI is InChI=1S/C25H33O2S.Y/c1-3-4-5-11-23(26)19-12-14-20(15-13-19)24-21(17-18(2)25(24)27)8-6-9-22-10-7-16-28-22;/h7,10,12-15,18,21,23-24,26H,3-6,8-9,11,17H2,1-2H3;/q-1;. The fourth-order valence-electron chi connectivity index (χ4n) is 4.59. The molecule has 0 aliphatic heterocycles. The van der Waals surface area contributed by atoms with E-state index in [0.717, 1.165) is 56.1 Å². The number of carbonyl (C=O) groups is 1. The topological polar surface area (TPSA) is 37.3 Å². The van der Waals surface area contributed by atoms with Crippen LogP contribution in [0.25, 0.3) is 0 Å². The number of hydrogen-bond acceptors (Lipinski definition) is 3. The van der Waals surface area contributed by atoms with Gasteiger partial charge in [-0.05, 0) is 29.9 Å². The zero-order chi connectivity index (χ0) is 19.9. The molecule has 1 aliphatic carbocycles. The maximum atomic E-state index is 12.8. The van der Waals surface area contributed by atoms with Gasteiger partial charge in [0.05, 0.1) is 6.10 Å². The zero-order valence-electron chi connectivity index (χ0n) is 17.8. The van der Waals surface area contributed by atoms with E-state index in [-0.39, 0.29) is 44.5 Å². The first-order valence-electron chi connectivity index (χ1n) is 10.9. The van der Waals surface area contributed by atoms with Crippen molar-refractivity contribution in [1.29, 1.82) is 0 Å². The molecule has 4 atom stereocenters. The van der Waals surface area contributed by atoms with Crippen LogP contribution in [0, 0.1) is 17.2 Å². The molecule has 4 heteroatoms. The Kier molecular flexibility index (Phi) is 10.7. The largest absolute Gasteiger partial charge is 0.388 e. The van der Waals surface area contributed by atoms with Gasteiger partial charge in [0.2, 0.25) is 0 Å². The molecule has 1 aromatic carbocycles. The third kappa shape index (κ3) is 6.82. The van der Waals surface area contributed by atoms with Gasteiger partial charge in [0, 0.05) is 44.5 Å². The van der Waals surface area contributed by atoms with Gasteiger partial charge in [0.25, 0.3) is 0 Å². The SMILES string of the molecule is CCCCCC(O)c1ccc(C2C(=O)C(C)CC2CCCc2cc[c-]s2)cc1.[Y]. The summed E-state index contributed by atoms with van der Waals surface area (Å²) >= 11 is 1.70. The van der Waals surface area contributed by atoms with Crippen molar-refractivity contribution >= 4 is 17.1 Å². The first kappa shape index (κ1) is 24.9. The number of aryl methyl sites for hydroxylation is 1. The van der Waals surface area contributed by atoms with Gasteiger partial charge in [0.1, 0.15) is 5.78 Å². The molecule has 1 heterocycles. The minimum atomic E-state index is -0.391. The summed E-state index contributed by atoms with van der Waals surface area (Å²) in [5, 5.41) is 13.5. The normalized spacial score (nSPS) is 22.4. The number of aliphatic hydroxyl groups is 1. The maximum absolute atomic E-state index is 12.8. The Morgan fingerprint density at radius 2 is 1.93 bits per heavy atom. The minimum Gasteiger partial charge on any atom is -0.388 e. The van der Waals surface area contributed by atoms with E-state index < -0.39 is 6.10 Å². The van der Waals surface area contributed by atoms with Crippen LogP contribution in [-0.4, -0.2) is 10.9 Å². The van der Waals surface area contributed by atoms with Crippen molar-refractivity contribution in [2.75, 3.05) is 0 Å². The van der Waals surface area contributed by atoms with Crippen molar-refractivity contribution < 1.29 is 42.6 Å². The number of rotatable bonds is 10. The number of aliphatic hydroxyl groups excluding tert-OH is 1. The summed E-state index contributed by atoms with van der Waals surface area (Å²) in [6.45, 7) is 4.26. The fourth-order valence-corrected chi connectivity index (χ4v) is 5.26. The van der Waals surface area contributed by atoms with Crippen molar-refractivity contribution in [1.82, 2.24) is 0 Å². The van der Waals surface area contributed by atoms with Crippen molar-refractivity contribution in [2.24, 2.45) is 11.8 Å². The Morgan fingerprint density at radius 3 is 2.59 bits per heavy atom. The monoisotopic (exact) mass is 486 g/mol. The van der Waals surface area contributed by atoms with Gasteiger partial charge >= 0.3 is 0 Å². The number of hydrogen-bond donors (Lipinski definition) is 1. The molecule has 2 aromatic rings. The number of thiophene rings is 1. The molecule has 1 N–H and O–H groups in total. The van der Waals surface area contributed by atoms with Crippen LogP contribution in [0.15, 0.2) is 36.4 Å².